The van der Waals surface area contributed by atoms with Crippen LogP contribution in [0.5, 0.6) is 0 Å². The van der Waals surface area contributed by atoms with Gasteiger partial charge in [0.05, 0.1) is 11.2 Å². The van der Waals surface area contributed by atoms with Crippen LogP contribution in [0.25, 0.3) is 33.3 Å². The van der Waals surface area contributed by atoms with Gasteiger partial charge in [-0.3, -0.25) is 4.40 Å². The summed E-state index contributed by atoms with van der Waals surface area (Å²) < 4.78 is 2.15. The fourth-order valence-electron chi connectivity index (χ4n) is 5.46. The minimum absolute atomic E-state index is 0.404. The predicted molar refractivity (Wildman–Crippen MR) is 138 cm³/mol. The van der Waals surface area contributed by atoms with E-state index in [1.807, 2.05) is 6.20 Å². The van der Waals surface area contributed by atoms with E-state index < -0.39 is 0 Å². The molecule has 3 aromatic heterocycles. The van der Waals surface area contributed by atoms with E-state index in [0.29, 0.717) is 17.7 Å². The number of imidazole rings is 1. The minimum Gasteiger partial charge on any atom is -0.382 e. The third-order valence-corrected chi connectivity index (χ3v) is 7.41. The highest BCUT2D eigenvalue weighted by atomic mass is 15.1. The van der Waals surface area contributed by atoms with Gasteiger partial charge in [0.1, 0.15) is 22.9 Å². The third-order valence-electron chi connectivity index (χ3n) is 7.41. The molecule has 4 N–H and O–H groups in total. The van der Waals surface area contributed by atoms with Crippen molar-refractivity contribution in [3.63, 3.8) is 0 Å². The van der Waals surface area contributed by atoms with Crippen LogP contribution in [0, 0.1) is 5.92 Å². The minimum atomic E-state index is 0.404. The Labute approximate surface area is 199 Å². The first-order valence-corrected chi connectivity index (χ1v) is 12.3. The zero-order valence-electron chi connectivity index (χ0n) is 19.3. The smallest absolute Gasteiger partial charge is 0.150 e. The lowest BCUT2D eigenvalue weighted by Crippen LogP contribution is -2.21. The summed E-state index contributed by atoms with van der Waals surface area (Å²) in [6.45, 7) is 0.774. The van der Waals surface area contributed by atoms with E-state index in [1.165, 1.54) is 5.57 Å². The molecule has 34 heavy (non-hydrogen) atoms. The summed E-state index contributed by atoms with van der Waals surface area (Å²) in [5.74, 6) is 2.62. The van der Waals surface area contributed by atoms with Gasteiger partial charge in [-0.1, -0.05) is 36.4 Å². The molecule has 0 spiro atoms. The van der Waals surface area contributed by atoms with Crippen molar-refractivity contribution in [3.05, 3.63) is 72.5 Å². The van der Waals surface area contributed by atoms with Gasteiger partial charge in [-0.05, 0) is 68.7 Å². The van der Waals surface area contributed by atoms with Crippen LogP contribution >= 0.6 is 0 Å². The maximum atomic E-state index is 6.40. The molecule has 1 fully saturated rings. The van der Waals surface area contributed by atoms with Crippen LogP contribution in [-0.2, 0) is 0 Å². The first kappa shape index (κ1) is 21.1. The Kier molecular flexibility index (Phi) is 5.38. The molecule has 6 heteroatoms. The van der Waals surface area contributed by atoms with Gasteiger partial charge in [0.15, 0.2) is 0 Å². The molecule has 0 saturated heterocycles. The van der Waals surface area contributed by atoms with E-state index >= 15 is 0 Å². The quantitative estimate of drug-likeness (QED) is 0.428. The number of nitrogens with zero attached hydrogens (tertiary/aromatic N) is 4. The molecule has 1 aromatic carbocycles. The second kappa shape index (κ2) is 8.69. The van der Waals surface area contributed by atoms with Crippen LogP contribution in [0.1, 0.15) is 56.0 Å². The molecular formula is C28H30N6. The van der Waals surface area contributed by atoms with E-state index in [9.17, 15) is 0 Å². The van der Waals surface area contributed by atoms with Crippen molar-refractivity contribution in [1.82, 2.24) is 19.4 Å². The largest absolute Gasteiger partial charge is 0.382 e. The molecule has 2 aliphatic carbocycles. The number of hydrogen-bond donors (Lipinski definition) is 2. The molecule has 0 radical (unpaired) electrons. The molecule has 1 saturated carbocycles. The SMILES string of the molecule is NC[C@H]1CC[C@H](c2nc(-c3ccc4ccc(C5=CCCC=C5)nc4c3)c3c(N)nccn32)CC1. The Hall–Kier alpha value is -3.51. The number of hydrogen-bond acceptors (Lipinski definition) is 5. The van der Waals surface area contributed by atoms with E-state index in [1.54, 1.807) is 6.20 Å². The van der Waals surface area contributed by atoms with Gasteiger partial charge in [-0.25, -0.2) is 15.0 Å². The van der Waals surface area contributed by atoms with Crippen molar-refractivity contribution < 1.29 is 0 Å². The van der Waals surface area contributed by atoms with Crippen LogP contribution in [-0.4, -0.2) is 25.9 Å². The monoisotopic (exact) mass is 450 g/mol. The van der Waals surface area contributed by atoms with Crippen molar-refractivity contribution in [2.75, 3.05) is 12.3 Å². The first-order valence-electron chi connectivity index (χ1n) is 12.3. The van der Waals surface area contributed by atoms with Crippen molar-refractivity contribution >= 4 is 27.8 Å². The highest BCUT2D eigenvalue weighted by Gasteiger charge is 2.27. The van der Waals surface area contributed by atoms with Gasteiger partial charge in [0.2, 0.25) is 0 Å². The molecule has 3 heterocycles. The molecule has 0 amide bonds. The molecule has 0 bridgehead atoms. The van der Waals surface area contributed by atoms with Gasteiger partial charge in [-0.2, -0.15) is 0 Å². The second-order valence-corrected chi connectivity index (χ2v) is 9.55. The lowest BCUT2D eigenvalue weighted by Gasteiger charge is -2.26. The van der Waals surface area contributed by atoms with E-state index in [0.717, 1.165) is 84.3 Å². The molecule has 6 rings (SSSR count). The third kappa shape index (κ3) is 3.68. The maximum Gasteiger partial charge on any atom is 0.150 e. The van der Waals surface area contributed by atoms with Crippen LogP contribution in [0.2, 0.25) is 0 Å². The molecule has 172 valence electrons. The van der Waals surface area contributed by atoms with Gasteiger partial charge in [-0.15, -0.1) is 0 Å². The van der Waals surface area contributed by atoms with Crippen LogP contribution in [0.15, 0.2) is 61.0 Å². The van der Waals surface area contributed by atoms with E-state index in [4.69, 9.17) is 21.4 Å². The summed E-state index contributed by atoms with van der Waals surface area (Å²) in [5.41, 5.74) is 18.3. The summed E-state index contributed by atoms with van der Waals surface area (Å²) in [6, 6.07) is 10.6. The van der Waals surface area contributed by atoms with Crippen molar-refractivity contribution in [2.45, 2.75) is 44.4 Å². The van der Waals surface area contributed by atoms with Gasteiger partial charge in [0.25, 0.3) is 0 Å². The van der Waals surface area contributed by atoms with Crippen LogP contribution in [0.3, 0.4) is 0 Å². The summed E-state index contributed by atoms with van der Waals surface area (Å²) in [5, 5.41) is 1.11. The zero-order valence-corrected chi connectivity index (χ0v) is 19.3. The Bertz CT molecular complexity index is 1420. The second-order valence-electron chi connectivity index (χ2n) is 9.55. The first-order chi connectivity index (χ1) is 16.7. The number of fused-ring (bicyclic) bond motifs is 2. The number of benzene rings is 1. The fraction of sp³-hybridized carbons (Fsp3) is 0.321. The Morgan fingerprint density at radius 2 is 1.85 bits per heavy atom. The van der Waals surface area contributed by atoms with E-state index in [-0.39, 0.29) is 0 Å². The summed E-state index contributed by atoms with van der Waals surface area (Å²) in [7, 11) is 0. The predicted octanol–water partition coefficient (Wildman–Crippen LogP) is 5.49. The standard InChI is InChI=1S/C28H30N6/c29-17-18-6-8-21(9-7-18)28-33-25(26-27(30)31-14-15-34(26)28)22-11-10-20-12-13-23(32-24(20)16-22)19-4-2-1-3-5-19/h2,4-5,10-16,18,21H,1,3,6-9,17,29H2,(H2,30,31)/t18-,21-. The molecule has 2 aliphatic rings. The highest BCUT2D eigenvalue weighted by molar-refractivity contribution is 5.91. The average molecular weight is 451 g/mol. The van der Waals surface area contributed by atoms with Gasteiger partial charge >= 0.3 is 0 Å². The topological polar surface area (TPSA) is 95.1 Å². The normalized spacial score (nSPS) is 20.7. The number of nitrogen functional groups attached to an aromatic ring is 1. The molecule has 0 unspecified atom stereocenters. The number of nitrogens with two attached hydrogens (primary N) is 2. The summed E-state index contributed by atoms with van der Waals surface area (Å²) in [4.78, 5) is 14.5. The van der Waals surface area contributed by atoms with Gasteiger partial charge < -0.3 is 11.5 Å². The Morgan fingerprint density at radius 3 is 2.65 bits per heavy atom. The van der Waals surface area contributed by atoms with Crippen molar-refractivity contribution in [1.29, 1.82) is 0 Å². The molecule has 6 nitrogen and oxygen atoms in total. The highest BCUT2D eigenvalue weighted by Crippen LogP contribution is 2.38. The van der Waals surface area contributed by atoms with Crippen LogP contribution < -0.4 is 11.5 Å². The number of anilines is 1. The Morgan fingerprint density at radius 1 is 1.00 bits per heavy atom. The lowest BCUT2D eigenvalue weighted by atomic mass is 9.81. The average Bonchev–Trinajstić information content (AvgIpc) is 3.30. The number of aromatic nitrogens is 4. The molecule has 0 aliphatic heterocycles. The Balaban J connectivity index is 1.45. The number of rotatable bonds is 4. The molecular weight excluding hydrogens is 420 g/mol. The van der Waals surface area contributed by atoms with Crippen molar-refractivity contribution in [2.24, 2.45) is 11.7 Å². The maximum absolute atomic E-state index is 6.40. The molecule has 4 aromatic rings. The summed E-state index contributed by atoms with van der Waals surface area (Å²) >= 11 is 0. The van der Waals surface area contributed by atoms with Crippen LogP contribution in [0.4, 0.5) is 5.82 Å². The van der Waals surface area contributed by atoms with Crippen molar-refractivity contribution in [3.8, 4) is 11.3 Å². The van der Waals surface area contributed by atoms with E-state index in [2.05, 4.69) is 57.9 Å². The zero-order chi connectivity index (χ0) is 23.1. The molecule has 0 atom stereocenters. The lowest BCUT2D eigenvalue weighted by molar-refractivity contribution is 0.325. The van der Waals surface area contributed by atoms with Gasteiger partial charge in [0, 0.05) is 29.3 Å². The number of allylic oxidation sites excluding steroid dienone is 4. The summed E-state index contributed by atoms with van der Waals surface area (Å²) in [6.07, 6.45) is 17.1. The number of pyridine rings is 1. The fourth-order valence-corrected chi connectivity index (χ4v) is 5.46.